The smallest absolute Gasteiger partial charge is 0.271 e. The summed E-state index contributed by atoms with van der Waals surface area (Å²) in [6, 6.07) is 10.6. The van der Waals surface area contributed by atoms with E-state index in [1.807, 2.05) is 6.07 Å². The molecule has 0 atom stereocenters. The van der Waals surface area contributed by atoms with Gasteiger partial charge >= 0.3 is 0 Å². The molecule has 2 aromatic rings. The van der Waals surface area contributed by atoms with Crippen LogP contribution in [0.4, 0.5) is 11.4 Å². The lowest BCUT2D eigenvalue weighted by Crippen LogP contribution is -2.27. The maximum Gasteiger partial charge on any atom is 0.271 e. The van der Waals surface area contributed by atoms with E-state index >= 15 is 0 Å². The van der Waals surface area contributed by atoms with Crippen LogP contribution in [0, 0.1) is 28.4 Å². The molecule has 1 amide bonds. The molecule has 0 fully saturated rings. The van der Waals surface area contributed by atoms with E-state index in [2.05, 4.69) is 0 Å². The first-order valence-electron chi connectivity index (χ1n) is 6.58. The Labute approximate surface area is 137 Å². The Morgan fingerprint density at radius 1 is 1.30 bits per heavy atom. The molecule has 0 bridgehead atoms. The number of halogens is 1. The van der Waals surface area contributed by atoms with E-state index in [0.29, 0.717) is 16.7 Å². The molecule has 7 heteroatoms. The fraction of sp³-hybridized carbons (Fsp3) is 0.125. The van der Waals surface area contributed by atoms with E-state index in [4.69, 9.17) is 16.9 Å². The molecule has 2 aromatic carbocycles. The molecule has 0 unspecified atom stereocenters. The normalized spacial score (nSPS) is 10.0. The summed E-state index contributed by atoms with van der Waals surface area (Å²) in [5.41, 5.74) is 1.59. The third kappa shape index (κ3) is 3.30. The third-order valence-electron chi connectivity index (χ3n) is 3.39. The molecule has 0 aliphatic carbocycles. The zero-order chi connectivity index (χ0) is 17.1. The van der Waals surface area contributed by atoms with Crippen molar-refractivity contribution in [3.8, 4) is 6.07 Å². The predicted molar refractivity (Wildman–Crippen MR) is 86.7 cm³/mol. The molecule has 0 aliphatic heterocycles. The monoisotopic (exact) mass is 329 g/mol. The molecule has 0 aromatic heterocycles. The van der Waals surface area contributed by atoms with Crippen LogP contribution in [-0.2, 0) is 0 Å². The van der Waals surface area contributed by atoms with Crippen molar-refractivity contribution in [3.63, 3.8) is 0 Å². The van der Waals surface area contributed by atoms with Gasteiger partial charge in [-0.15, -0.1) is 0 Å². The maximum absolute atomic E-state index is 12.6. The molecule has 0 spiro atoms. The van der Waals surface area contributed by atoms with Gasteiger partial charge in [-0.2, -0.15) is 5.26 Å². The topological polar surface area (TPSA) is 87.2 Å². The number of hydrogen-bond acceptors (Lipinski definition) is 4. The number of nitriles is 1. The second-order valence-electron chi connectivity index (χ2n) is 4.90. The highest BCUT2D eigenvalue weighted by atomic mass is 35.5. The van der Waals surface area contributed by atoms with Crippen molar-refractivity contribution in [2.45, 2.75) is 6.92 Å². The number of hydrogen-bond donors (Lipinski definition) is 0. The lowest BCUT2D eigenvalue weighted by atomic mass is 10.0. The van der Waals surface area contributed by atoms with Gasteiger partial charge in [0.05, 0.1) is 27.3 Å². The van der Waals surface area contributed by atoms with E-state index in [0.717, 1.165) is 0 Å². The second kappa shape index (κ2) is 6.46. The van der Waals surface area contributed by atoms with Crippen LogP contribution >= 0.6 is 11.6 Å². The van der Waals surface area contributed by atoms with Crippen molar-refractivity contribution in [2.75, 3.05) is 11.9 Å². The Morgan fingerprint density at radius 2 is 2.00 bits per heavy atom. The number of aryl methyl sites for hydroxylation is 1. The zero-order valence-electron chi connectivity index (χ0n) is 12.4. The van der Waals surface area contributed by atoms with E-state index in [1.54, 1.807) is 25.1 Å². The lowest BCUT2D eigenvalue weighted by molar-refractivity contribution is -0.384. The van der Waals surface area contributed by atoms with Gasteiger partial charge in [-0.1, -0.05) is 11.6 Å². The molecule has 23 heavy (non-hydrogen) atoms. The maximum atomic E-state index is 12.6. The Bertz CT molecular complexity index is 843. The first kappa shape index (κ1) is 16.5. The van der Waals surface area contributed by atoms with Crippen LogP contribution in [0.2, 0.25) is 5.02 Å². The molecule has 0 radical (unpaired) electrons. The minimum atomic E-state index is -0.550. The second-order valence-corrected chi connectivity index (χ2v) is 5.31. The van der Waals surface area contributed by atoms with Crippen molar-refractivity contribution in [2.24, 2.45) is 0 Å². The summed E-state index contributed by atoms with van der Waals surface area (Å²) in [4.78, 5) is 24.2. The highest BCUT2D eigenvalue weighted by Crippen LogP contribution is 2.30. The summed E-state index contributed by atoms with van der Waals surface area (Å²) >= 11 is 6.06. The molecule has 0 N–H and O–H groups in total. The van der Waals surface area contributed by atoms with Crippen LogP contribution in [0.3, 0.4) is 0 Å². The van der Waals surface area contributed by atoms with Crippen LogP contribution in [-0.4, -0.2) is 17.9 Å². The average Bonchev–Trinajstić information content (AvgIpc) is 2.53. The van der Waals surface area contributed by atoms with Gasteiger partial charge in [-0.25, -0.2) is 0 Å². The van der Waals surface area contributed by atoms with Gasteiger partial charge in [-0.05, 0) is 36.8 Å². The summed E-state index contributed by atoms with van der Waals surface area (Å²) in [5.74, 6) is -0.366. The molecular formula is C16H12ClN3O3. The van der Waals surface area contributed by atoms with Crippen molar-refractivity contribution < 1.29 is 9.72 Å². The summed E-state index contributed by atoms with van der Waals surface area (Å²) in [7, 11) is 1.49. The minimum Gasteiger partial charge on any atom is -0.310 e. The highest BCUT2D eigenvalue weighted by molar-refractivity contribution is 6.34. The first-order valence-corrected chi connectivity index (χ1v) is 6.95. The molecule has 0 saturated carbocycles. The molecule has 2 rings (SSSR count). The number of benzene rings is 2. The number of anilines is 1. The third-order valence-corrected chi connectivity index (χ3v) is 3.71. The quantitative estimate of drug-likeness (QED) is 0.634. The molecule has 0 aliphatic rings. The standard InChI is InChI=1S/C16H12ClN3O3/c1-10-7-11(9-18)3-5-13(10)16(21)19(2)15-8-12(20(22)23)4-6-14(15)17/h3-8H,1-2H3. The van der Waals surface area contributed by atoms with Gasteiger partial charge in [0.2, 0.25) is 0 Å². The zero-order valence-corrected chi connectivity index (χ0v) is 13.2. The number of rotatable bonds is 3. The van der Waals surface area contributed by atoms with Crippen LogP contribution in [0.15, 0.2) is 36.4 Å². The summed E-state index contributed by atoms with van der Waals surface area (Å²) in [6.07, 6.45) is 0. The van der Waals surface area contributed by atoms with E-state index in [9.17, 15) is 14.9 Å². The fourth-order valence-corrected chi connectivity index (χ4v) is 2.38. The van der Waals surface area contributed by atoms with Crippen LogP contribution < -0.4 is 4.90 Å². The summed E-state index contributed by atoms with van der Waals surface area (Å²) < 4.78 is 0. The Balaban J connectivity index is 2.43. The largest absolute Gasteiger partial charge is 0.310 e. The van der Waals surface area contributed by atoms with Gasteiger partial charge in [-0.3, -0.25) is 14.9 Å². The van der Waals surface area contributed by atoms with E-state index in [1.165, 1.54) is 30.1 Å². The van der Waals surface area contributed by atoms with Crippen molar-refractivity contribution in [3.05, 3.63) is 68.2 Å². The Kier molecular flexibility index (Phi) is 4.63. The number of nitrogens with zero attached hydrogens (tertiary/aromatic N) is 3. The number of nitro groups is 1. The molecule has 0 heterocycles. The summed E-state index contributed by atoms with van der Waals surface area (Å²) in [6.45, 7) is 1.72. The highest BCUT2D eigenvalue weighted by Gasteiger charge is 2.20. The number of amides is 1. The average molecular weight is 330 g/mol. The SMILES string of the molecule is Cc1cc(C#N)ccc1C(=O)N(C)c1cc([N+](=O)[O-])ccc1Cl. The number of carbonyl (C=O) groups is 1. The van der Waals surface area contributed by atoms with Crippen LogP contribution in [0.5, 0.6) is 0 Å². The Hall–Kier alpha value is -2.91. The van der Waals surface area contributed by atoms with E-state index < -0.39 is 4.92 Å². The van der Waals surface area contributed by atoms with Crippen molar-refractivity contribution in [1.82, 2.24) is 0 Å². The minimum absolute atomic E-state index is 0.152. The van der Waals surface area contributed by atoms with Gasteiger partial charge in [0.1, 0.15) is 0 Å². The van der Waals surface area contributed by atoms with Gasteiger partial charge < -0.3 is 4.90 Å². The van der Waals surface area contributed by atoms with E-state index in [-0.39, 0.29) is 22.3 Å². The molecular weight excluding hydrogens is 318 g/mol. The van der Waals surface area contributed by atoms with Crippen molar-refractivity contribution in [1.29, 1.82) is 5.26 Å². The van der Waals surface area contributed by atoms with Gasteiger partial charge in [0.25, 0.3) is 11.6 Å². The van der Waals surface area contributed by atoms with Crippen LogP contribution in [0.1, 0.15) is 21.5 Å². The first-order chi connectivity index (χ1) is 10.8. The summed E-state index contributed by atoms with van der Waals surface area (Å²) in [5, 5.41) is 20.0. The number of carbonyl (C=O) groups excluding carboxylic acids is 1. The number of non-ortho nitro benzene ring substituents is 1. The Morgan fingerprint density at radius 3 is 2.57 bits per heavy atom. The molecule has 6 nitrogen and oxygen atoms in total. The number of nitro benzene ring substituents is 1. The lowest BCUT2D eigenvalue weighted by Gasteiger charge is -2.19. The molecule has 116 valence electrons. The van der Waals surface area contributed by atoms with Gasteiger partial charge in [0.15, 0.2) is 0 Å². The fourth-order valence-electron chi connectivity index (χ4n) is 2.13. The molecule has 0 saturated heterocycles. The van der Waals surface area contributed by atoms with Gasteiger partial charge in [0, 0.05) is 24.7 Å². The van der Waals surface area contributed by atoms with Crippen LogP contribution in [0.25, 0.3) is 0 Å². The van der Waals surface area contributed by atoms with Crippen molar-refractivity contribution >= 4 is 28.9 Å². The predicted octanol–water partition coefficient (Wildman–Crippen LogP) is 3.70.